The van der Waals surface area contributed by atoms with E-state index in [1.54, 1.807) is 18.0 Å². The first-order chi connectivity index (χ1) is 8.04. The van der Waals surface area contributed by atoms with Crippen LogP contribution in [-0.2, 0) is 6.54 Å². The Kier molecular flexibility index (Phi) is 2.44. The SMILES string of the molecule is CN1Cc2cc([N+](=O)[O-])ccc2C(C#N)=C1N. The highest BCUT2D eigenvalue weighted by Crippen LogP contribution is 2.30. The summed E-state index contributed by atoms with van der Waals surface area (Å²) >= 11 is 0. The fourth-order valence-corrected chi connectivity index (χ4v) is 1.86. The number of nitriles is 1. The molecule has 0 atom stereocenters. The largest absolute Gasteiger partial charge is 0.384 e. The van der Waals surface area contributed by atoms with Crippen LogP contribution in [0, 0.1) is 21.4 Å². The van der Waals surface area contributed by atoms with Crippen molar-refractivity contribution in [1.82, 2.24) is 4.90 Å². The van der Waals surface area contributed by atoms with Crippen LogP contribution in [0.25, 0.3) is 5.57 Å². The monoisotopic (exact) mass is 230 g/mol. The molecule has 6 heteroatoms. The average molecular weight is 230 g/mol. The van der Waals surface area contributed by atoms with E-state index < -0.39 is 4.92 Å². The van der Waals surface area contributed by atoms with Gasteiger partial charge in [0.1, 0.15) is 11.9 Å². The minimum Gasteiger partial charge on any atom is -0.384 e. The highest BCUT2D eigenvalue weighted by Gasteiger charge is 2.22. The van der Waals surface area contributed by atoms with Crippen molar-refractivity contribution >= 4 is 11.3 Å². The molecule has 0 saturated heterocycles. The Morgan fingerprint density at radius 1 is 1.59 bits per heavy atom. The first-order valence-electron chi connectivity index (χ1n) is 4.93. The minimum atomic E-state index is -0.450. The van der Waals surface area contributed by atoms with Crippen molar-refractivity contribution in [3.63, 3.8) is 0 Å². The Bertz CT molecular complexity index is 571. The molecule has 0 unspecified atom stereocenters. The summed E-state index contributed by atoms with van der Waals surface area (Å²) in [6.07, 6.45) is 0. The van der Waals surface area contributed by atoms with Crippen molar-refractivity contribution in [2.24, 2.45) is 5.73 Å². The molecule has 1 aliphatic rings. The molecule has 0 aromatic heterocycles. The van der Waals surface area contributed by atoms with Crippen molar-refractivity contribution in [3.8, 4) is 6.07 Å². The minimum absolute atomic E-state index is 0.0231. The van der Waals surface area contributed by atoms with Crippen LogP contribution in [0.4, 0.5) is 5.69 Å². The van der Waals surface area contributed by atoms with Crippen molar-refractivity contribution < 1.29 is 4.92 Å². The smallest absolute Gasteiger partial charge is 0.269 e. The number of fused-ring (bicyclic) bond motifs is 1. The van der Waals surface area contributed by atoms with Gasteiger partial charge in [0.15, 0.2) is 0 Å². The fourth-order valence-electron chi connectivity index (χ4n) is 1.86. The van der Waals surface area contributed by atoms with E-state index in [1.807, 2.05) is 6.07 Å². The highest BCUT2D eigenvalue weighted by molar-refractivity contribution is 5.82. The lowest BCUT2D eigenvalue weighted by Gasteiger charge is -2.27. The second kappa shape index (κ2) is 3.79. The van der Waals surface area contributed by atoms with Gasteiger partial charge in [-0.05, 0) is 11.6 Å². The normalized spacial score (nSPS) is 14.2. The number of hydrogen-bond donors (Lipinski definition) is 1. The number of allylic oxidation sites excluding steroid dienone is 1. The molecule has 1 aliphatic heterocycles. The highest BCUT2D eigenvalue weighted by atomic mass is 16.6. The summed E-state index contributed by atoms with van der Waals surface area (Å²) in [5.74, 6) is 0.397. The molecular weight excluding hydrogens is 220 g/mol. The molecule has 0 fully saturated rings. The van der Waals surface area contributed by atoms with E-state index in [1.165, 1.54) is 12.1 Å². The van der Waals surface area contributed by atoms with Crippen molar-refractivity contribution in [1.29, 1.82) is 5.26 Å². The lowest BCUT2D eigenvalue weighted by atomic mass is 9.96. The maximum absolute atomic E-state index is 10.7. The predicted octanol–water partition coefficient (Wildman–Crippen LogP) is 1.19. The predicted molar refractivity (Wildman–Crippen MR) is 61.3 cm³/mol. The molecule has 2 rings (SSSR count). The Balaban J connectivity index is 2.61. The van der Waals surface area contributed by atoms with Crippen LogP contribution in [0.1, 0.15) is 11.1 Å². The van der Waals surface area contributed by atoms with Crippen molar-refractivity contribution in [3.05, 3.63) is 45.3 Å². The number of non-ortho nitro benzene ring substituents is 1. The summed E-state index contributed by atoms with van der Waals surface area (Å²) in [7, 11) is 1.74. The van der Waals surface area contributed by atoms with Crippen LogP contribution in [0.3, 0.4) is 0 Å². The van der Waals surface area contributed by atoms with E-state index >= 15 is 0 Å². The third-order valence-electron chi connectivity index (χ3n) is 2.76. The van der Waals surface area contributed by atoms with Crippen LogP contribution in [0.15, 0.2) is 24.0 Å². The number of nitrogens with zero attached hydrogens (tertiary/aromatic N) is 3. The summed E-state index contributed by atoms with van der Waals surface area (Å²) in [6, 6.07) is 6.47. The van der Waals surface area contributed by atoms with Crippen LogP contribution < -0.4 is 5.73 Å². The Labute approximate surface area is 97.7 Å². The van der Waals surface area contributed by atoms with Gasteiger partial charge in [-0.2, -0.15) is 5.26 Å². The molecular formula is C11H10N4O2. The standard InChI is InChI=1S/C11H10N4O2/c1-14-6-7-4-8(15(16)17)2-3-9(7)10(5-12)11(14)13/h2-4H,6,13H2,1H3. The molecule has 0 saturated carbocycles. The van der Waals surface area contributed by atoms with Gasteiger partial charge in [0.05, 0.1) is 10.5 Å². The second-order valence-corrected chi connectivity index (χ2v) is 3.83. The second-order valence-electron chi connectivity index (χ2n) is 3.83. The molecule has 0 radical (unpaired) electrons. The molecule has 1 aromatic rings. The quantitative estimate of drug-likeness (QED) is 0.577. The topological polar surface area (TPSA) is 96.2 Å². The van der Waals surface area contributed by atoms with Crippen molar-refractivity contribution in [2.45, 2.75) is 6.54 Å². The summed E-state index contributed by atoms with van der Waals surface area (Å²) in [6.45, 7) is 0.466. The Morgan fingerprint density at radius 3 is 2.88 bits per heavy atom. The zero-order valence-electron chi connectivity index (χ0n) is 9.17. The van der Waals surface area contributed by atoms with Crippen molar-refractivity contribution in [2.75, 3.05) is 7.05 Å². The lowest BCUT2D eigenvalue weighted by Crippen LogP contribution is -2.28. The van der Waals surface area contributed by atoms with Gasteiger partial charge in [0.25, 0.3) is 5.69 Å². The lowest BCUT2D eigenvalue weighted by molar-refractivity contribution is -0.384. The number of nitrogens with two attached hydrogens (primary N) is 1. The number of nitro groups is 1. The third kappa shape index (κ3) is 1.67. The van der Waals surface area contributed by atoms with Gasteiger partial charge < -0.3 is 10.6 Å². The van der Waals surface area contributed by atoms with Gasteiger partial charge in [-0.1, -0.05) is 0 Å². The molecule has 0 amide bonds. The van der Waals surface area contributed by atoms with Gasteiger partial charge in [-0.15, -0.1) is 0 Å². The van der Waals surface area contributed by atoms with Gasteiger partial charge in [-0.3, -0.25) is 10.1 Å². The van der Waals surface area contributed by atoms with Crippen LogP contribution in [0.2, 0.25) is 0 Å². The molecule has 86 valence electrons. The van der Waals surface area contributed by atoms with E-state index in [-0.39, 0.29) is 5.69 Å². The average Bonchev–Trinajstić information content (AvgIpc) is 2.30. The van der Waals surface area contributed by atoms with E-state index in [9.17, 15) is 10.1 Å². The Hall–Kier alpha value is -2.55. The van der Waals surface area contributed by atoms with Gasteiger partial charge in [0, 0.05) is 31.3 Å². The number of rotatable bonds is 1. The summed E-state index contributed by atoms with van der Waals surface area (Å²) < 4.78 is 0. The van der Waals surface area contributed by atoms with Crippen LogP contribution in [0.5, 0.6) is 0 Å². The van der Waals surface area contributed by atoms with Gasteiger partial charge >= 0.3 is 0 Å². The molecule has 2 N–H and O–H groups in total. The zero-order chi connectivity index (χ0) is 12.6. The molecule has 0 bridgehead atoms. The molecule has 0 aliphatic carbocycles. The number of nitro benzene ring substituents is 1. The molecule has 17 heavy (non-hydrogen) atoms. The molecule has 6 nitrogen and oxygen atoms in total. The zero-order valence-corrected chi connectivity index (χ0v) is 9.17. The van der Waals surface area contributed by atoms with Crippen LogP contribution >= 0.6 is 0 Å². The maximum atomic E-state index is 10.7. The number of hydrogen-bond acceptors (Lipinski definition) is 5. The van der Waals surface area contributed by atoms with E-state index in [2.05, 4.69) is 0 Å². The van der Waals surface area contributed by atoms with Gasteiger partial charge in [-0.25, -0.2) is 0 Å². The number of benzene rings is 1. The maximum Gasteiger partial charge on any atom is 0.269 e. The summed E-state index contributed by atoms with van der Waals surface area (Å²) in [5.41, 5.74) is 7.60. The first kappa shape index (κ1) is 11.0. The fraction of sp³-hybridized carbons (Fsp3) is 0.182. The molecule has 1 heterocycles. The van der Waals surface area contributed by atoms with E-state index in [4.69, 9.17) is 11.0 Å². The summed E-state index contributed by atoms with van der Waals surface area (Å²) in [5, 5.41) is 19.7. The van der Waals surface area contributed by atoms with E-state index in [0.29, 0.717) is 23.5 Å². The van der Waals surface area contributed by atoms with Crippen LogP contribution in [-0.4, -0.2) is 16.9 Å². The first-order valence-corrected chi connectivity index (χ1v) is 4.93. The molecule has 0 spiro atoms. The van der Waals surface area contributed by atoms with E-state index in [0.717, 1.165) is 5.56 Å². The molecule has 1 aromatic carbocycles. The summed E-state index contributed by atoms with van der Waals surface area (Å²) in [4.78, 5) is 11.9. The third-order valence-corrected chi connectivity index (χ3v) is 2.76. The van der Waals surface area contributed by atoms with Gasteiger partial charge in [0.2, 0.25) is 0 Å². The Morgan fingerprint density at radius 2 is 2.29 bits per heavy atom.